The molecule has 14 heteroatoms. The first kappa shape index (κ1) is 42.4. The van der Waals surface area contributed by atoms with Gasteiger partial charge in [-0.2, -0.15) is 8.78 Å². The molecule has 0 fully saturated rings. The fraction of sp³-hybridized carbons (Fsp3) is 0.150. The van der Waals surface area contributed by atoms with Crippen LogP contribution in [0.25, 0.3) is 11.1 Å². The summed E-state index contributed by atoms with van der Waals surface area (Å²) in [6.07, 6.45) is 2.49. The Morgan fingerprint density at radius 1 is 0.537 bits per heavy atom. The topological polar surface area (TPSA) is 135 Å². The number of halogens is 3. The Labute approximate surface area is 329 Å². The predicted octanol–water partition coefficient (Wildman–Crippen LogP) is 7.60. The van der Waals surface area contributed by atoms with Gasteiger partial charge in [0.05, 0.1) is 19.6 Å². The molecule has 0 radical (unpaired) electrons. The van der Waals surface area contributed by atoms with Crippen LogP contribution in [0.4, 0.5) is 8.78 Å². The van der Waals surface area contributed by atoms with E-state index in [0.717, 1.165) is 60.3 Å². The van der Waals surface area contributed by atoms with Gasteiger partial charge in [-0.25, -0.2) is 26.8 Å². The lowest BCUT2D eigenvalue weighted by Gasteiger charge is -2.13. The van der Waals surface area contributed by atoms with Crippen molar-refractivity contribution in [3.63, 3.8) is 0 Å². The van der Waals surface area contributed by atoms with Gasteiger partial charge in [0.25, 0.3) is 0 Å². The third kappa shape index (κ3) is 10.4. The number of nitrogens with zero attached hydrogens (tertiary/aromatic N) is 2. The third-order valence-corrected chi connectivity index (χ3v) is 13.0. The highest BCUT2D eigenvalue weighted by Gasteiger charge is 2.23. The molecule has 6 aromatic rings. The third-order valence-electron chi connectivity index (χ3n) is 8.14. The van der Waals surface area contributed by atoms with Gasteiger partial charge in [-0.05, 0) is 147 Å². The summed E-state index contributed by atoms with van der Waals surface area (Å²) >= 11 is 2.16. The van der Waals surface area contributed by atoms with Crippen LogP contribution in [-0.2, 0) is 19.7 Å². The van der Waals surface area contributed by atoms with E-state index < -0.39 is 38.7 Å². The maximum Gasteiger partial charge on any atom is 0.490 e. The van der Waals surface area contributed by atoms with Crippen LogP contribution in [0.1, 0.15) is 33.4 Å². The molecular formula is C40H38BF2IN2O6S2. The lowest BCUT2D eigenvalue weighted by Crippen LogP contribution is -2.30. The smallest absolute Gasteiger partial charge is 0.423 e. The first-order chi connectivity index (χ1) is 25.3. The van der Waals surface area contributed by atoms with E-state index in [9.17, 15) is 25.6 Å². The van der Waals surface area contributed by atoms with Crippen LogP contribution in [-0.4, -0.2) is 44.0 Å². The molecule has 0 aliphatic heterocycles. The molecular weight excluding hydrogens is 844 g/mol. The fourth-order valence-corrected chi connectivity index (χ4v) is 9.69. The molecule has 0 unspecified atom stereocenters. The van der Waals surface area contributed by atoms with Crippen molar-refractivity contribution < 1.29 is 35.7 Å². The highest BCUT2D eigenvalue weighted by molar-refractivity contribution is 14.1. The van der Waals surface area contributed by atoms with Crippen molar-refractivity contribution in [2.75, 3.05) is 0 Å². The maximum absolute atomic E-state index is 13.0. The number of rotatable bonds is 6. The minimum Gasteiger partial charge on any atom is -0.423 e. The molecule has 0 atom stereocenters. The summed E-state index contributed by atoms with van der Waals surface area (Å²) in [6, 6.07) is 26.3. The molecule has 0 spiro atoms. The number of hydrogen-bond donors (Lipinski definition) is 2. The second kappa shape index (κ2) is 17.9. The first-order valence-electron chi connectivity index (χ1n) is 16.4. The van der Waals surface area contributed by atoms with Gasteiger partial charge in [0, 0.05) is 27.0 Å². The van der Waals surface area contributed by atoms with E-state index in [1.807, 2.05) is 77.9 Å². The van der Waals surface area contributed by atoms with Crippen LogP contribution in [0, 0.1) is 57.0 Å². The van der Waals surface area contributed by atoms with E-state index in [4.69, 9.17) is 10.0 Å². The summed E-state index contributed by atoms with van der Waals surface area (Å²) in [5.74, 6) is -1.18. The van der Waals surface area contributed by atoms with Gasteiger partial charge >= 0.3 is 7.12 Å². The van der Waals surface area contributed by atoms with E-state index in [-0.39, 0.29) is 10.4 Å². The molecule has 2 aromatic heterocycles. The largest absolute Gasteiger partial charge is 0.490 e. The zero-order chi connectivity index (χ0) is 40.0. The predicted molar refractivity (Wildman–Crippen MR) is 215 cm³/mol. The zero-order valence-corrected chi connectivity index (χ0v) is 34.1. The number of hydrogen-bond acceptors (Lipinski definition) is 8. The normalized spacial score (nSPS) is 11.2. The average molecular weight is 883 g/mol. The van der Waals surface area contributed by atoms with Gasteiger partial charge in [-0.15, -0.1) is 0 Å². The van der Waals surface area contributed by atoms with Crippen molar-refractivity contribution in [2.45, 2.75) is 61.1 Å². The van der Waals surface area contributed by atoms with Crippen molar-refractivity contribution in [1.82, 2.24) is 9.97 Å². The Morgan fingerprint density at radius 2 is 0.907 bits per heavy atom. The van der Waals surface area contributed by atoms with Gasteiger partial charge in [0.1, 0.15) is 0 Å². The number of pyridine rings is 2. The lowest BCUT2D eigenvalue weighted by molar-refractivity contribution is 0.425. The van der Waals surface area contributed by atoms with E-state index in [0.29, 0.717) is 14.7 Å². The van der Waals surface area contributed by atoms with E-state index in [1.54, 1.807) is 42.5 Å². The van der Waals surface area contributed by atoms with Crippen LogP contribution in [0.3, 0.4) is 0 Å². The Hall–Kier alpha value is -4.35. The molecule has 4 aromatic carbocycles. The molecule has 0 aliphatic rings. The average Bonchev–Trinajstić information content (AvgIpc) is 3.08. The summed E-state index contributed by atoms with van der Waals surface area (Å²) in [6.45, 7) is 11.2. The highest BCUT2D eigenvalue weighted by Crippen LogP contribution is 2.30. The number of sulfone groups is 2. The molecule has 8 nitrogen and oxygen atoms in total. The van der Waals surface area contributed by atoms with Crippen molar-refractivity contribution in [2.24, 2.45) is 0 Å². The minimum atomic E-state index is -3.60. The summed E-state index contributed by atoms with van der Waals surface area (Å²) < 4.78 is 77.4. The molecule has 280 valence electrons. The molecule has 0 saturated heterocycles. The summed E-state index contributed by atoms with van der Waals surface area (Å²) in [7, 11) is -8.61. The quantitative estimate of drug-likeness (QED) is 0.0994. The molecule has 54 heavy (non-hydrogen) atoms. The van der Waals surface area contributed by atoms with Crippen LogP contribution in [0.5, 0.6) is 0 Å². The zero-order valence-electron chi connectivity index (χ0n) is 30.3. The molecule has 0 aliphatic carbocycles. The van der Waals surface area contributed by atoms with Gasteiger partial charge < -0.3 is 10.0 Å². The lowest BCUT2D eigenvalue weighted by atomic mass is 9.82. The minimum absolute atomic E-state index is 0.182. The number of aromatic nitrogens is 2. The van der Waals surface area contributed by atoms with Gasteiger partial charge in [-0.1, -0.05) is 53.6 Å². The van der Waals surface area contributed by atoms with E-state index in [2.05, 4.69) is 32.6 Å². The first-order valence-corrected chi connectivity index (χ1v) is 20.5. The standard InChI is InChI=1S/C20H18FNO2S.C15H15IO2S.C5H5BFNO2/c1-13-10-14(2)20(15(3)11-13)25(23,24)18-7-4-16(5-8-18)17-6-9-19(21)22-12-17;1-10-8-11(2)15(12(3)9-10)19(17,18)14-6-4-13(16)5-7-14;7-5-2-1-4(3-8-5)6(9)10/h4-12H,1-3H3;4-9H,1-3H3;1-3,9-10H. The molecule has 0 bridgehead atoms. The van der Waals surface area contributed by atoms with Crippen LogP contribution in [0.15, 0.2) is 129 Å². The summed E-state index contributed by atoms with van der Waals surface area (Å²) in [4.78, 5) is 8.21. The Morgan fingerprint density at radius 3 is 1.26 bits per heavy atom. The Bertz CT molecular complexity index is 2420. The van der Waals surface area contributed by atoms with Crippen molar-refractivity contribution in [1.29, 1.82) is 0 Å². The number of benzene rings is 4. The second-order valence-electron chi connectivity index (χ2n) is 12.6. The number of aryl methyl sites for hydroxylation is 6. The monoisotopic (exact) mass is 882 g/mol. The second-order valence-corrected chi connectivity index (χ2v) is 17.6. The van der Waals surface area contributed by atoms with Crippen molar-refractivity contribution >= 4 is 54.8 Å². The van der Waals surface area contributed by atoms with E-state index >= 15 is 0 Å². The van der Waals surface area contributed by atoms with Gasteiger partial charge in [0.15, 0.2) is 0 Å². The molecule has 2 N–H and O–H groups in total. The Kier molecular flexibility index (Phi) is 14.0. The summed E-state index contributed by atoms with van der Waals surface area (Å²) in [5.41, 5.74) is 6.89. The van der Waals surface area contributed by atoms with Crippen LogP contribution >= 0.6 is 22.6 Å². The van der Waals surface area contributed by atoms with Gasteiger partial charge in [0.2, 0.25) is 31.6 Å². The van der Waals surface area contributed by atoms with E-state index in [1.165, 1.54) is 18.3 Å². The maximum atomic E-state index is 13.0. The van der Waals surface area contributed by atoms with Crippen LogP contribution < -0.4 is 5.46 Å². The van der Waals surface area contributed by atoms with Crippen molar-refractivity contribution in [3.05, 3.63) is 158 Å². The highest BCUT2D eigenvalue weighted by atomic mass is 127. The van der Waals surface area contributed by atoms with Crippen LogP contribution in [0.2, 0.25) is 0 Å². The SMILES string of the molecule is Cc1cc(C)c(S(=O)(=O)c2ccc(-c3ccc(F)nc3)cc2)c(C)c1.Cc1cc(C)c(S(=O)(=O)c2ccc(I)cc2)c(C)c1.OB(O)c1ccc(F)nc1. The Balaban J connectivity index is 0.000000197. The fourth-order valence-electron chi connectivity index (χ4n) is 5.94. The van der Waals surface area contributed by atoms with Crippen molar-refractivity contribution in [3.8, 4) is 11.1 Å². The molecule has 0 amide bonds. The molecule has 0 saturated carbocycles. The summed E-state index contributed by atoms with van der Waals surface area (Å²) in [5, 5.41) is 17.0. The van der Waals surface area contributed by atoms with Gasteiger partial charge in [-0.3, -0.25) is 0 Å². The molecule has 2 heterocycles. The molecule has 6 rings (SSSR count).